The standard InChI is InChI=1S/C22H19N3O3/c1-3-11-28-18-6-4-5-15(12-18)19-13-20(26)24-22-21(19)23-14-25(22)16-7-9-17(27-2)10-8-16/h1,4-10,12,14,19H,11,13H2,2H3,(H,24,26)/t19-/m0/s1. The second kappa shape index (κ2) is 7.49. The van der Waals surface area contributed by atoms with Crippen LogP contribution in [-0.4, -0.2) is 29.2 Å². The summed E-state index contributed by atoms with van der Waals surface area (Å²) < 4.78 is 12.6. The van der Waals surface area contributed by atoms with Crippen LogP contribution in [0.5, 0.6) is 11.5 Å². The molecular formula is C22H19N3O3. The Morgan fingerprint density at radius 3 is 2.82 bits per heavy atom. The van der Waals surface area contributed by atoms with E-state index in [4.69, 9.17) is 15.9 Å². The van der Waals surface area contributed by atoms with E-state index in [1.807, 2.05) is 53.1 Å². The SMILES string of the molecule is C#CCOc1cccc([C@@H]2CC(=O)Nc3c2ncn3-c2ccc(OC)cc2)c1. The van der Waals surface area contributed by atoms with Crippen molar-refractivity contribution in [3.05, 3.63) is 66.1 Å². The number of carbonyl (C=O) groups excluding carboxylic acids is 1. The minimum absolute atomic E-state index is 0.0530. The monoisotopic (exact) mass is 373 g/mol. The molecule has 1 aliphatic rings. The van der Waals surface area contributed by atoms with Crippen molar-refractivity contribution in [2.24, 2.45) is 0 Å². The quantitative estimate of drug-likeness (QED) is 0.697. The smallest absolute Gasteiger partial charge is 0.226 e. The molecule has 28 heavy (non-hydrogen) atoms. The lowest BCUT2D eigenvalue weighted by atomic mass is 9.89. The van der Waals surface area contributed by atoms with Crippen LogP contribution in [0.4, 0.5) is 5.82 Å². The van der Waals surface area contributed by atoms with Gasteiger partial charge in [0.2, 0.25) is 5.91 Å². The third-order valence-corrected chi connectivity index (χ3v) is 4.71. The molecule has 0 radical (unpaired) electrons. The average Bonchev–Trinajstić information content (AvgIpc) is 3.15. The number of nitrogens with one attached hydrogen (secondary N) is 1. The normalized spacial score (nSPS) is 15.3. The highest BCUT2D eigenvalue weighted by Crippen LogP contribution is 2.38. The predicted octanol–water partition coefficient (Wildman–Crippen LogP) is 3.37. The summed E-state index contributed by atoms with van der Waals surface area (Å²) in [5, 5.41) is 2.96. The van der Waals surface area contributed by atoms with Crippen molar-refractivity contribution in [2.75, 3.05) is 19.0 Å². The third-order valence-electron chi connectivity index (χ3n) is 4.71. The molecule has 0 saturated carbocycles. The molecule has 0 bridgehead atoms. The Bertz CT molecular complexity index is 1050. The lowest BCUT2D eigenvalue weighted by Gasteiger charge is -2.23. The highest BCUT2D eigenvalue weighted by Gasteiger charge is 2.31. The maximum absolute atomic E-state index is 12.4. The zero-order chi connectivity index (χ0) is 19.5. The first-order valence-corrected chi connectivity index (χ1v) is 8.87. The Balaban J connectivity index is 1.71. The maximum Gasteiger partial charge on any atom is 0.226 e. The number of terminal acetylenes is 1. The van der Waals surface area contributed by atoms with Crippen molar-refractivity contribution in [1.29, 1.82) is 0 Å². The third kappa shape index (κ3) is 3.30. The summed E-state index contributed by atoms with van der Waals surface area (Å²) in [4.78, 5) is 17.0. The van der Waals surface area contributed by atoms with Gasteiger partial charge in [-0.05, 0) is 42.0 Å². The van der Waals surface area contributed by atoms with Crippen molar-refractivity contribution in [3.8, 4) is 29.5 Å². The Morgan fingerprint density at radius 2 is 2.07 bits per heavy atom. The van der Waals surface area contributed by atoms with Crippen molar-refractivity contribution >= 4 is 11.7 Å². The summed E-state index contributed by atoms with van der Waals surface area (Å²) in [5.74, 6) is 4.38. The number of hydrogen-bond donors (Lipinski definition) is 1. The van der Waals surface area contributed by atoms with Gasteiger partial charge in [-0.15, -0.1) is 6.42 Å². The van der Waals surface area contributed by atoms with Gasteiger partial charge in [-0.3, -0.25) is 9.36 Å². The van der Waals surface area contributed by atoms with Crippen molar-refractivity contribution < 1.29 is 14.3 Å². The average molecular weight is 373 g/mol. The first kappa shape index (κ1) is 17.7. The number of methoxy groups -OCH3 is 1. The molecule has 1 N–H and O–H groups in total. The number of benzene rings is 2. The van der Waals surface area contributed by atoms with E-state index in [1.165, 1.54) is 0 Å². The molecule has 4 rings (SSSR count). The molecule has 6 nitrogen and oxygen atoms in total. The minimum Gasteiger partial charge on any atom is -0.497 e. The number of amides is 1. The van der Waals surface area contributed by atoms with Crippen LogP contribution in [0.15, 0.2) is 54.9 Å². The van der Waals surface area contributed by atoms with Crippen LogP contribution < -0.4 is 14.8 Å². The minimum atomic E-state index is -0.155. The number of hydrogen-bond acceptors (Lipinski definition) is 4. The molecule has 1 amide bonds. The lowest BCUT2D eigenvalue weighted by molar-refractivity contribution is -0.116. The summed E-state index contributed by atoms with van der Waals surface area (Å²) in [6.07, 6.45) is 7.32. The van der Waals surface area contributed by atoms with Crippen molar-refractivity contribution in [2.45, 2.75) is 12.3 Å². The highest BCUT2D eigenvalue weighted by molar-refractivity contribution is 5.94. The number of imidazole rings is 1. The Labute approximate surface area is 163 Å². The number of ether oxygens (including phenoxy) is 2. The molecule has 0 saturated heterocycles. The first-order valence-electron chi connectivity index (χ1n) is 8.87. The molecular weight excluding hydrogens is 354 g/mol. The van der Waals surface area contributed by atoms with Gasteiger partial charge in [-0.1, -0.05) is 18.1 Å². The number of carbonyl (C=O) groups is 1. The molecule has 1 aromatic heterocycles. The van der Waals surface area contributed by atoms with Crippen LogP contribution in [0.1, 0.15) is 23.6 Å². The van der Waals surface area contributed by atoms with Crippen LogP contribution in [-0.2, 0) is 4.79 Å². The Morgan fingerprint density at radius 1 is 1.25 bits per heavy atom. The van der Waals surface area contributed by atoms with E-state index in [0.29, 0.717) is 18.0 Å². The van der Waals surface area contributed by atoms with Gasteiger partial charge >= 0.3 is 0 Å². The fourth-order valence-corrected chi connectivity index (χ4v) is 3.37. The molecule has 2 aromatic carbocycles. The van der Waals surface area contributed by atoms with E-state index in [1.54, 1.807) is 13.4 Å². The van der Waals surface area contributed by atoms with Crippen LogP contribution in [0.2, 0.25) is 0 Å². The molecule has 0 spiro atoms. The number of aromatic nitrogens is 2. The van der Waals surface area contributed by atoms with Gasteiger partial charge < -0.3 is 14.8 Å². The van der Waals surface area contributed by atoms with Crippen LogP contribution in [0, 0.1) is 12.3 Å². The molecule has 2 heterocycles. The number of nitrogens with zero attached hydrogens (tertiary/aromatic N) is 2. The van der Waals surface area contributed by atoms with Gasteiger partial charge in [0.05, 0.1) is 12.8 Å². The van der Waals surface area contributed by atoms with E-state index in [-0.39, 0.29) is 18.4 Å². The van der Waals surface area contributed by atoms with Crippen LogP contribution in [0.3, 0.4) is 0 Å². The second-order valence-electron chi connectivity index (χ2n) is 6.42. The summed E-state index contributed by atoms with van der Waals surface area (Å²) in [7, 11) is 1.63. The van der Waals surface area contributed by atoms with Gasteiger partial charge in [-0.25, -0.2) is 4.98 Å². The zero-order valence-electron chi connectivity index (χ0n) is 15.4. The molecule has 0 aliphatic carbocycles. The fourth-order valence-electron chi connectivity index (χ4n) is 3.37. The largest absolute Gasteiger partial charge is 0.497 e. The van der Waals surface area contributed by atoms with Crippen molar-refractivity contribution in [3.63, 3.8) is 0 Å². The lowest BCUT2D eigenvalue weighted by Crippen LogP contribution is -2.24. The molecule has 3 aromatic rings. The Kier molecular flexibility index (Phi) is 4.73. The number of anilines is 1. The summed E-state index contributed by atoms with van der Waals surface area (Å²) in [6.45, 7) is 0.200. The van der Waals surface area contributed by atoms with Crippen LogP contribution >= 0.6 is 0 Å². The summed E-state index contributed by atoms with van der Waals surface area (Å²) in [5.41, 5.74) is 2.68. The molecule has 6 heteroatoms. The second-order valence-corrected chi connectivity index (χ2v) is 6.42. The van der Waals surface area contributed by atoms with E-state index in [2.05, 4.69) is 16.2 Å². The van der Waals surface area contributed by atoms with E-state index in [9.17, 15) is 4.79 Å². The van der Waals surface area contributed by atoms with E-state index < -0.39 is 0 Å². The highest BCUT2D eigenvalue weighted by atomic mass is 16.5. The van der Waals surface area contributed by atoms with Gasteiger partial charge in [-0.2, -0.15) is 0 Å². The van der Waals surface area contributed by atoms with Crippen LogP contribution in [0.25, 0.3) is 5.69 Å². The molecule has 1 aliphatic heterocycles. The first-order chi connectivity index (χ1) is 13.7. The fraction of sp³-hybridized carbons (Fsp3) is 0.182. The van der Waals surface area contributed by atoms with Gasteiger partial charge in [0, 0.05) is 18.0 Å². The predicted molar refractivity (Wildman–Crippen MR) is 106 cm³/mol. The molecule has 1 atom stereocenters. The summed E-state index contributed by atoms with van der Waals surface area (Å²) >= 11 is 0. The Hall–Kier alpha value is -3.72. The molecule has 0 unspecified atom stereocenters. The number of rotatable bonds is 5. The number of fused-ring (bicyclic) bond motifs is 1. The van der Waals surface area contributed by atoms with E-state index in [0.717, 1.165) is 22.7 Å². The molecule has 0 fully saturated rings. The summed E-state index contributed by atoms with van der Waals surface area (Å²) in [6, 6.07) is 15.2. The van der Waals surface area contributed by atoms with Gasteiger partial charge in [0.1, 0.15) is 30.3 Å². The van der Waals surface area contributed by atoms with Gasteiger partial charge in [0.25, 0.3) is 0 Å². The molecule has 140 valence electrons. The van der Waals surface area contributed by atoms with Gasteiger partial charge in [0.15, 0.2) is 0 Å². The maximum atomic E-state index is 12.4. The zero-order valence-corrected chi connectivity index (χ0v) is 15.4. The topological polar surface area (TPSA) is 65.4 Å². The van der Waals surface area contributed by atoms with Crippen molar-refractivity contribution in [1.82, 2.24) is 9.55 Å². The van der Waals surface area contributed by atoms with E-state index >= 15 is 0 Å².